The smallest absolute Gasteiger partial charge is 0.176 e. The molecule has 0 unspecified atom stereocenters. The van der Waals surface area contributed by atoms with E-state index in [1.165, 1.54) is 32.3 Å². The Labute approximate surface area is 130 Å². The van der Waals surface area contributed by atoms with Crippen molar-refractivity contribution in [1.82, 2.24) is 9.47 Å². The SMILES string of the molecule is CC(C)(C)O[SiH2]CN1CCN([Si](C)(C)C(C)(C)C)CC1. The van der Waals surface area contributed by atoms with E-state index in [1.54, 1.807) is 0 Å². The number of hydrogen-bond acceptors (Lipinski definition) is 3. The summed E-state index contributed by atoms with van der Waals surface area (Å²) >= 11 is 0. The highest BCUT2D eigenvalue weighted by Crippen LogP contribution is 2.38. The summed E-state index contributed by atoms with van der Waals surface area (Å²) < 4.78 is 8.77. The molecule has 0 radical (unpaired) electrons. The Hall–Kier alpha value is 0.314. The van der Waals surface area contributed by atoms with Gasteiger partial charge in [0.25, 0.3) is 0 Å². The van der Waals surface area contributed by atoms with Crippen LogP contribution in [0.2, 0.25) is 18.1 Å². The van der Waals surface area contributed by atoms with Gasteiger partial charge in [-0.1, -0.05) is 33.9 Å². The third-order valence-corrected chi connectivity index (χ3v) is 12.5. The Kier molecular flexibility index (Phi) is 6.07. The number of nitrogens with zero attached hydrogens (tertiary/aromatic N) is 2. The van der Waals surface area contributed by atoms with E-state index in [-0.39, 0.29) is 5.60 Å². The molecule has 120 valence electrons. The summed E-state index contributed by atoms with van der Waals surface area (Å²) in [6, 6.07) is 0. The maximum atomic E-state index is 5.97. The highest BCUT2D eigenvalue weighted by molar-refractivity contribution is 6.77. The van der Waals surface area contributed by atoms with Crippen LogP contribution in [0.5, 0.6) is 0 Å². The molecule has 0 saturated carbocycles. The Balaban J connectivity index is 2.37. The van der Waals surface area contributed by atoms with Crippen LogP contribution >= 0.6 is 0 Å². The van der Waals surface area contributed by atoms with Gasteiger partial charge in [0, 0.05) is 37.9 Å². The second-order valence-electron chi connectivity index (χ2n) is 8.60. The summed E-state index contributed by atoms with van der Waals surface area (Å²) in [5, 5.41) is 0.458. The zero-order chi connectivity index (χ0) is 15.6. The number of piperazine rings is 1. The van der Waals surface area contributed by atoms with E-state index < -0.39 is 18.0 Å². The molecule has 0 atom stereocenters. The molecule has 20 heavy (non-hydrogen) atoms. The second kappa shape index (κ2) is 6.61. The largest absolute Gasteiger partial charge is 0.418 e. The van der Waals surface area contributed by atoms with E-state index in [9.17, 15) is 0 Å². The van der Waals surface area contributed by atoms with Gasteiger partial charge < -0.3 is 13.9 Å². The lowest BCUT2D eigenvalue weighted by atomic mass is 10.2. The van der Waals surface area contributed by atoms with Crippen molar-refractivity contribution in [1.29, 1.82) is 0 Å². The Morgan fingerprint density at radius 2 is 1.45 bits per heavy atom. The molecule has 0 N–H and O–H groups in total. The van der Waals surface area contributed by atoms with Crippen LogP contribution in [-0.2, 0) is 4.43 Å². The zero-order valence-corrected chi connectivity index (χ0v) is 17.5. The number of hydrogen-bond donors (Lipinski definition) is 0. The van der Waals surface area contributed by atoms with E-state index in [1.807, 2.05) is 0 Å². The van der Waals surface area contributed by atoms with Crippen LogP contribution in [0, 0.1) is 0 Å². The second-order valence-corrected chi connectivity index (χ2v) is 15.0. The van der Waals surface area contributed by atoms with E-state index in [4.69, 9.17) is 4.43 Å². The molecule has 1 aliphatic heterocycles. The van der Waals surface area contributed by atoms with Gasteiger partial charge >= 0.3 is 0 Å². The Morgan fingerprint density at radius 3 is 1.85 bits per heavy atom. The summed E-state index contributed by atoms with van der Waals surface area (Å²) in [4.78, 5) is 2.61. The summed E-state index contributed by atoms with van der Waals surface area (Å²) in [6.07, 6.45) is 1.21. The lowest BCUT2D eigenvalue weighted by Gasteiger charge is -2.49. The summed E-state index contributed by atoms with van der Waals surface area (Å²) in [5.74, 6) is 0. The van der Waals surface area contributed by atoms with Gasteiger partial charge in [-0.05, 0) is 25.8 Å². The van der Waals surface area contributed by atoms with Crippen molar-refractivity contribution in [2.75, 3.05) is 32.3 Å². The fourth-order valence-corrected chi connectivity index (χ4v) is 6.16. The van der Waals surface area contributed by atoms with Gasteiger partial charge in [-0.2, -0.15) is 0 Å². The molecule has 0 aromatic rings. The highest BCUT2D eigenvalue weighted by atomic mass is 28.3. The molecule has 1 heterocycles. The van der Waals surface area contributed by atoms with Gasteiger partial charge in [0.2, 0.25) is 0 Å². The van der Waals surface area contributed by atoms with E-state index in [0.717, 1.165) is 0 Å². The molecule has 1 fully saturated rings. The Bertz CT molecular complexity index is 300. The fraction of sp³-hybridized carbons (Fsp3) is 1.00. The monoisotopic (exact) mass is 316 g/mol. The first-order valence-electron chi connectivity index (χ1n) is 8.05. The molecule has 0 bridgehead atoms. The van der Waals surface area contributed by atoms with Crippen molar-refractivity contribution in [2.45, 2.75) is 65.3 Å². The average Bonchev–Trinajstić information content (AvgIpc) is 2.26. The lowest BCUT2D eigenvalue weighted by molar-refractivity contribution is 0.127. The zero-order valence-electron chi connectivity index (χ0n) is 15.0. The van der Waals surface area contributed by atoms with Crippen molar-refractivity contribution < 1.29 is 4.43 Å². The standard InChI is InChI=1S/C15H36N2OSi2/c1-14(2,3)18-19-13-16-9-11-17(12-10-16)20(7,8)15(4,5)6/h9-13,19H2,1-8H3. The van der Waals surface area contributed by atoms with Gasteiger partial charge in [-0.25, -0.2) is 0 Å². The van der Waals surface area contributed by atoms with Gasteiger partial charge in [-0.15, -0.1) is 0 Å². The molecule has 0 aliphatic carbocycles. The van der Waals surface area contributed by atoms with Crippen molar-refractivity contribution in [3.05, 3.63) is 0 Å². The first kappa shape index (κ1) is 18.4. The first-order valence-corrected chi connectivity index (χ1v) is 12.6. The topological polar surface area (TPSA) is 15.7 Å². The molecule has 0 aromatic heterocycles. The van der Waals surface area contributed by atoms with Gasteiger partial charge in [0.1, 0.15) is 8.24 Å². The quantitative estimate of drug-likeness (QED) is 0.741. The molecular formula is C15H36N2OSi2. The van der Waals surface area contributed by atoms with Crippen molar-refractivity contribution in [3.63, 3.8) is 0 Å². The van der Waals surface area contributed by atoms with Crippen LogP contribution < -0.4 is 0 Å². The molecule has 1 rings (SSSR count). The van der Waals surface area contributed by atoms with Crippen LogP contribution in [-0.4, -0.2) is 65.4 Å². The average molecular weight is 317 g/mol. The van der Waals surface area contributed by atoms with Gasteiger partial charge in [0.05, 0.1) is 0 Å². The minimum absolute atomic E-state index is 0.0508. The van der Waals surface area contributed by atoms with E-state index in [0.29, 0.717) is 5.04 Å². The van der Waals surface area contributed by atoms with Crippen LogP contribution in [0.1, 0.15) is 41.5 Å². The maximum Gasteiger partial charge on any atom is 0.176 e. The van der Waals surface area contributed by atoms with Gasteiger partial charge in [0.15, 0.2) is 9.76 Å². The summed E-state index contributed by atoms with van der Waals surface area (Å²) in [6.45, 7) is 23.7. The van der Waals surface area contributed by atoms with E-state index in [2.05, 4.69) is 64.1 Å². The summed E-state index contributed by atoms with van der Waals surface area (Å²) in [5.41, 5.74) is 0.0508. The molecule has 0 amide bonds. The molecule has 3 nitrogen and oxygen atoms in total. The predicted molar refractivity (Wildman–Crippen MR) is 94.6 cm³/mol. The van der Waals surface area contributed by atoms with Crippen LogP contribution in [0.3, 0.4) is 0 Å². The summed E-state index contributed by atoms with van der Waals surface area (Å²) in [7, 11) is -1.71. The molecule has 1 aliphatic rings. The van der Waals surface area contributed by atoms with Crippen LogP contribution in [0.25, 0.3) is 0 Å². The maximum absolute atomic E-state index is 5.97. The van der Waals surface area contributed by atoms with Crippen LogP contribution in [0.4, 0.5) is 0 Å². The Morgan fingerprint density at radius 1 is 0.950 bits per heavy atom. The van der Waals surface area contributed by atoms with Crippen molar-refractivity contribution in [2.24, 2.45) is 0 Å². The minimum Gasteiger partial charge on any atom is -0.418 e. The first-order chi connectivity index (χ1) is 8.93. The van der Waals surface area contributed by atoms with Crippen molar-refractivity contribution in [3.8, 4) is 0 Å². The molecule has 1 saturated heterocycles. The third kappa shape index (κ3) is 5.26. The fourth-order valence-electron chi connectivity index (χ4n) is 2.49. The third-order valence-electron chi connectivity index (χ3n) is 4.94. The van der Waals surface area contributed by atoms with Crippen LogP contribution in [0.15, 0.2) is 0 Å². The highest BCUT2D eigenvalue weighted by Gasteiger charge is 2.41. The number of rotatable bonds is 4. The molecular weight excluding hydrogens is 280 g/mol. The molecule has 0 spiro atoms. The normalized spacial score (nSPS) is 21.0. The predicted octanol–water partition coefficient (Wildman–Crippen LogP) is 2.47. The minimum atomic E-state index is -1.31. The molecule has 5 heteroatoms. The molecule has 0 aromatic carbocycles. The van der Waals surface area contributed by atoms with Gasteiger partial charge in [-0.3, -0.25) is 0 Å². The van der Waals surface area contributed by atoms with E-state index >= 15 is 0 Å². The lowest BCUT2D eigenvalue weighted by Crippen LogP contribution is -2.61. The van der Waals surface area contributed by atoms with Crippen molar-refractivity contribution >= 4 is 18.0 Å².